The molecule has 2 heterocycles. The first-order valence-corrected chi connectivity index (χ1v) is 6.49. The zero-order valence-electron chi connectivity index (χ0n) is 11.2. The van der Waals surface area contributed by atoms with Gasteiger partial charge >= 0.3 is 6.03 Å². The molecule has 104 valence electrons. The van der Waals surface area contributed by atoms with Crippen molar-refractivity contribution in [1.29, 1.82) is 0 Å². The Kier molecular flexibility index (Phi) is 3.99. The molecule has 1 aromatic heterocycles. The molecular weight excluding hydrogens is 247 g/mol. The summed E-state index contributed by atoms with van der Waals surface area (Å²) < 4.78 is 12.8. The number of pyridine rings is 1. The molecule has 0 aromatic carbocycles. The van der Waals surface area contributed by atoms with Gasteiger partial charge in [0.05, 0.1) is 6.20 Å². The third kappa shape index (κ3) is 2.84. The minimum Gasteiger partial charge on any atom is -0.318 e. The van der Waals surface area contributed by atoms with Crippen LogP contribution in [0.5, 0.6) is 0 Å². The number of nitrogens with two attached hydrogens (primary N) is 1. The average Bonchev–Trinajstić information content (AvgIpc) is 2.38. The smallest absolute Gasteiger partial charge is 0.318 e. The molecule has 2 amide bonds. The minimum absolute atomic E-state index is 0.155. The number of nitrogens with zero attached hydrogens (tertiary/aromatic N) is 3. The second kappa shape index (κ2) is 5.52. The van der Waals surface area contributed by atoms with Crippen LogP contribution in [0.25, 0.3) is 0 Å². The van der Waals surface area contributed by atoms with E-state index >= 15 is 0 Å². The van der Waals surface area contributed by atoms with E-state index in [0.29, 0.717) is 0 Å². The molecule has 6 heteroatoms. The molecule has 2 N–H and O–H groups in total. The summed E-state index contributed by atoms with van der Waals surface area (Å²) in [5, 5.41) is 0.984. The molecule has 0 saturated carbocycles. The number of likely N-dealkylation sites (tertiary alicyclic amines) is 1. The van der Waals surface area contributed by atoms with Crippen molar-refractivity contribution in [2.24, 2.45) is 5.84 Å². The summed E-state index contributed by atoms with van der Waals surface area (Å²) in [6.07, 6.45) is 4.11. The van der Waals surface area contributed by atoms with Crippen LogP contribution in [0.15, 0.2) is 18.3 Å². The number of hydrogen-bond acceptors (Lipinski definition) is 3. The molecule has 0 spiro atoms. The summed E-state index contributed by atoms with van der Waals surface area (Å²) >= 11 is 0. The highest BCUT2D eigenvalue weighted by Crippen LogP contribution is 2.24. The van der Waals surface area contributed by atoms with Crippen molar-refractivity contribution in [3.8, 4) is 0 Å². The lowest BCUT2D eigenvalue weighted by Gasteiger charge is -2.40. The topological polar surface area (TPSA) is 62.5 Å². The first-order valence-electron chi connectivity index (χ1n) is 6.49. The van der Waals surface area contributed by atoms with Gasteiger partial charge in [-0.15, -0.1) is 0 Å². The zero-order valence-corrected chi connectivity index (χ0v) is 11.2. The number of aromatic nitrogens is 1. The number of urea groups is 1. The van der Waals surface area contributed by atoms with E-state index in [9.17, 15) is 9.18 Å². The Morgan fingerprint density at radius 3 is 2.58 bits per heavy atom. The van der Waals surface area contributed by atoms with E-state index in [2.05, 4.69) is 4.98 Å². The van der Waals surface area contributed by atoms with E-state index in [1.807, 2.05) is 13.8 Å². The van der Waals surface area contributed by atoms with Crippen LogP contribution in [0.1, 0.15) is 33.1 Å². The van der Waals surface area contributed by atoms with E-state index in [-0.39, 0.29) is 23.9 Å². The monoisotopic (exact) mass is 266 g/mol. The standard InChI is InChI=1S/C13H19FN4O/c1-9-4-3-5-10(2)17(9)13(19)18(15)12-7-6-11(14)8-16-12/h6-10H,3-5,15H2,1-2H3/t9-,10+. The number of anilines is 1. The number of rotatable bonds is 1. The average molecular weight is 266 g/mol. The maximum atomic E-state index is 12.8. The van der Waals surface area contributed by atoms with Gasteiger partial charge in [-0.3, -0.25) is 0 Å². The van der Waals surface area contributed by atoms with E-state index in [4.69, 9.17) is 5.84 Å². The molecule has 1 fully saturated rings. The van der Waals surface area contributed by atoms with Crippen LogP contribution in [0.3, 0.4) is 0 Å². The lowest BCUT2D eigenvalue weighted by atomic mass is 9.98. The van der Waals surface area contributed by atoms with Gasteiger partial charge in [0.1, 0.15) is 5.82 Å². The second-order valence-electron chi connectivity index (χ2n) is 5.02. The van der Waals surface area contributed by atoms with Crippen LogP contribution >= 0.6 is 0 Å². The largest absolute Gasteiger partial charge is 0.340 e. The number of carbonyl (C=O) groups excluding carboxylic acids is 1. The Labute approximate surface area is 112 Å². The van der Waals surface area contributed by atoms with Gasteiger partial charge in [0.15, 0.2) is 5.82 Å². The van der Waals surface area contributed by atoms with E-state index in [1.165, 1.54) is 12.1 Å². The number of halogens is 1. The van der Waals surface area contributed by atoms with Gasteiger partial charge in [-0.05, 0) is 45.2 Å². The number of hydrogen-bond donors (Lipinski definition) is 1. The van der Waals surface area contributed by atoms with E-state index in [0.717, 1.165) is 30.5 Å². The van der Waals surface area contributed by atoms with Crippen LogP contribution in [0.4, 0.5) is 15.0 Å². The molecule has 5 nitrogen and oxygen atoms in total. The van der Waals surface area contributed by atoms with Gasteiger partial charge in [-0.25, -0.2) is 25.0 Å². The summed E-state index contributed by atoms with van der Waals surface area (Å²) in [6, 6.07) is 2.65. The predicted molar refractivity (Wildman–Crippen MR) is 70.9 cm³/mol. The minimum atomic E-state index is -0.454. The molecule has 0 bridgehead atoms. The van der Waals surface area contributed by atoms with Gasteiger partial charge in [-0.1, -0.05) is 0 Å². The third-order valence-electron chi connectivity index (χ3n) is 3.58. The van der Waals surface area contributed by atoms with Gasteiger partial charge in [-0.2, -0.15) is 0 Å². The molecule has 1 aliphatic heterocycles. The summed E-state index contributed by atoms with van der Waals surface area (Å²) in [5.74, 6) is 5.59. The number of carbonyl (C=O) groups is 1. The fraction of sp³-hybridized carbons (Fsp3) is 0.538. The van der Waals surface area contributed by atoms with Crippen molar-refractivity contribution in [3.63, 3.8) is 0 Å². The van der Waals surface area contributed by atoms with Crippen LogP contribution < -0.4 is 10.9 Å². The Hall–Kier alpha value is -1.69. The molecule has 1 saturated heterocycles. The van der Waals surface area contributed by atoms with Gasteiger partial charge in [0.2, 0.25) is 0 Å². The van der Waals surface area contributed by atoms with Gasteiger partial charge < -0.3 is 4.90 Å². The van der Waals surface area contributed by atoms with Crippen LogP contribution in [0, 0.1) is 5.82 Å². The first kappa shape index (κ1) is 13.7. The Bertz CT molecular complexity index is 440. The van der Waals surface area contributed by atoms with E-state index in [1.54, 1.807) is 4.90 Å². The third-order valence-corrected chi connectivity index (χ3v) is 3.58. The SMILES string of the molecule is C[C@@H]1CCC[C@H](C)N1C(=O)N(N)c1ccc(F)cn1. The summed E-state index contributed by atoms with van der Waals surface area (Å²) in [4.78, 5) is 18.0. The van der Waals surface area contributed by atoms with Crippen LogP contribution in [0.2, 0.25) is 0 Å². The second-order valence-corrected chi connectivity index (χ2v) is 5.02. The molecule has 0 unspecified atom stereocenters. The highest BCUT2D eigenvalue weighted by Gasteiger charge is 2.32. The molecular formula is C13H19FN4O. The molecule has 1 aromatic rings. The maximum Gasteiger partial charge on any atom is 0.340 e. The van der Waals surface area contributed by atoms with Crippen molar-refractivity contribution in [1.82, 2.24) is 9.88 Å². The molecule has 0 radical (unpaired) electrons. The molecule has 1 aliphatic rings. The molecule has 19 heavy (non-hydrogen) atoms. The van der Waals surface area contributed by atoms with Crippen LogP contribution in [-0.4, -0.2) is 28.0 Å². The Morgan fingerprint density at radius 2 is 2.05 bits per heavy atom. The number of piperidine rings is 1. The molecule has 2 atom stereocenters. The lowest BCUT2D eigenvalue weighted by molar-refractivity contribution is 0.128. The summed E-state index contributed by atoms with van der Waals surface area (Å²) in [5.41, 5.74) is 0. The number of amides is 2. The van der Waals surface area contributed by atoms with Crippen molar-refractivity contribution in [2.45, 2.75) is 45.2 Å². The molecule has 0 aliphatic carbocycles. The highest BCUT2D eigenvalue weighted by atomic mass is 19.1. The predicted octanol–water partition coefficient (Wildman–Crippen LogP) is 2.28. The summed E-state index contributed by atoms with van der Waals surface area (Å²) in [7, 11) is 0. The lowest BCUT2D eigenvalue weighted by Crippen LogP contribution is -2.55. The summed E-state index contributed by atoms with van der Waals surface area (Å²) in [6.45, 7) is 4.03. The van der Waals surface area contributed by atoms with Crippen molar-refractivity contribution in [2.75, 3.05) is 5.01 Å². The quantitative estimate of drug-likeness (QED) is 0.482. The van der Waals surface area contributed by atoms with Gasteiger partial charge in [0, 0.05) is 12.1 Å². The van der Waals surface area contributed by atoms with Gasteiger partial charge in [0.25, 0.3) is 0 Å². The number of hydrazine groups is 1. The Morgan fingerprint density at radius 1 is 1.42 bits per heavy atom. The first-order chi connectivity index (χ1) is 9.00. The van der Waals surface area contributed by atoms with E-state index < -0.39 is 5.82 Å². The van der Waals surface area contributed by atoms with Crippen molar-refractivity contribution < 1.29 is 9.18 Å². The molecule has 2 rings (SSSR count). The highest BCUT2D eigenvalue weighted by molar-refractivity contribution is 5.90. The van der Waals surface area contributed by atoms with Crippen molar-refractivity contribution >= 4 is 11.8 Å². The zero-order chi connectivity index (χ0) is 14.0. The fourth-order valence-corrected chi connectivity index (χ4v) is 2.53. The normalized spacial score (nSPS) is 23.3. The van der Waals surface area contributed by atoms with Crippen LogP contribution in [-0.2, 0) is 0 Å². The fourth-order valence-electron chi connectivity index (χ4n) is 2.53. The maximum absolute atomic E-state index is 12.8. The Balaban J connectivity index is 2.16. The van der Waals surface area contributed by atoms with Crippen molar-refractivity contribution in [3.05, 3.63) is 24.1 Å².